The molecule has 1 aromatic rings. The second-order valence-electron chi connectivity index (χ2n) is 6.89. The third kappa shape index (κ3) is 3.30. The number of nitrogens with zero attached hydrogens (tertiary/aromatic N) is 1. The lowest BCUT2D eigenvalue weighted by Crippen LogP contribution is -2.71. The van der Waals surface area contributed by atoms with E-state index < -0.39 is 55.4 Å². The van der Waals surface area contributed by atoms with Gasteiger partial charge in [0.05, 0.1) is 0 Å². The number of thioether (sulfide) groups is 1. The van der Waals surface area contributed by atoms with Crippen LogP contribution in [-0.4, -0.2) is 63.0 Å². The third-order valence-electron chi connectivity index (χ3n) is 4.61. The SMILES string of the molecule is CC1(C)S[C@H]2[C@H](NC(=O)[C@@H](c3ccccc3)S(=O)(=O)O)C(=O)N2[C@@H]1C(=O)O. The van der Waals surface area contributed by atoms with Crippen LogP contribution >= 0.6 is 11.8 Å². The highest BCUT2D eigenvalue weighted by atomic mass is 32.2. The summed E-state index contributed by atoms with van der Waals surface area (Å²) in [4.78, 5) is 37.7. The van der Waals surface area contributed by atoms with Crippen molar-refractivity contribution in [1.29, 1.82) is 0 Å². The van der Waals surface area contributed by atoms with E-state index in [1.165, 1.54) is 40.9 Å². The molecule has 4 atom stereocenters. The van der Waals surface area contributed by atoms with Gasteiger partial charge in [0, 0.05) is 4.75 Å². The van der Waals surface area contributed by atoms with E-state index in [4.69, 9.17) is 0 Å². The molecule has 0 aliphatic carbocycles. The van der Waals surface area contributed by atoms with Gasteiger partial charge >= 0.3 is 5.97 Å². The van der Waals surface area contributed by atoms with E-state index in [1.54, 1.807) is 19.9 Å². The van der Waals surface area contributed by atoms with E-state index in [0.29, 0.717) is 0 Å². The summed E-state index contributed by atoms with van der Waals surface area (Å²) in [6.45, 7) is 3.37. The largest absolute Gasteiger partial charge is 0.480 e. The maximum absolute atomic E-state index is 12.6. The second-order valence-corrected chi connectivity index (χ2v) is 10.2. The highest BCUT2D eigenvalue weighted by molar-refractivity contribution is 8.01. The quantitative estimate of drug-likeness (QED) is 0.460. The topological polar surface area (TPSA) is 141 Å². The van der Waals surface area contributed by atoms with Crippen LogP contribution < -0.4 is 5.32 Å². The average Bonchev–Trinajstić information content (AvgIpc) is 2.81. The van der Waals surface area contributed by atoms with Gasteiger partial charge in [0.15, 0.2) is 5.25 Å². The van der Waals surface area contributed by atoms with Crippen molar-refractivity contribution in [1.82, 2.24) is 10.2 Å². The predicted octanol–water partition coefficient (Wildman–Crippen LogP) is 0.247. The van der Waals surface area contributed by atoms with Crippen LogP contribution in [0.15, 0.2) is 30.3 Å². The van der Waals surface area contributed by atoms with Crippen LogP contribution in [0.2, 0.25) is 0 Å². The number of rotatable bonds is 5. The smallest absolute Gasteiger partial charge is 0.327 e. The van der Waals surface area contributed by atoms with Crippen LogP contribution in [0.3, 0.4) is 0 Å². The number of aliphatic carboxylic acids is 1. The molecule has 2 amide bonds. The molecule has 1 aromatic carbocycles. The molecule has 146 valence electrons. The van der Waals surface area contributed by atoms with Crippen LogP contribution in [0.25, 0.3) is 0 Å². The van der Waals surface area contributed by atoms with Crippen molar-refractivity contribution in [3.05, 3.63) is 35.9 Å². The van der Waals surface area contributed by atoms with Crippen molar-refractivity contribution in [2.45, 2.75) is 41.3 Å². The second kappa shape index (κ2) is 6.50. The fourth-order valence-electron chi connectivity index (χ4n) is 3.46. The van der Waals surface area contributed by atoms with Crippen molar-refractivity contribution in [3.8, 4) is 0 Å². The predicted molar refractivity (Wildman–Crippen MR) is 96.4 cm³/mol. The minimum atomic E-state index is -4.77. The fraction of sp³-hybridized carbons (Fsp3) is 0.438. The normalized spacial score (nSPS) is 27.4. The van der Waals surface area contributed by atoms with Crippen molar-refractivity contribution in [2.75, 3.05) is 0 Å². The summed E-state index contributed by atoms with van der Waals surface area (Å²) in [6.07, 6.45) is 0. The summed E-state index contributed by atoms with van der Waals surface area (Å²) in [5.74, 6) is -2.78. The van der Waals surface area contributed by atoms with E-state index in [0.717, 1.165) is 0 Å². The van der Waals surface area contributed by atoms with Crippen molar-refractivity contribution in [3.63, 3.8) is 0 Å². The Bertz CT molecular complexity index is 901. The Kier molecular flexibility index (Phi) is 4.73. The molecule has 0 bridgehead atoms. The highest BCUT2D eigenvalue weighted by Crippen LogP contribution is 2.50. The molecule has 3 rings (SSSR count). The molecule has 11 heteroatoms. The summed E-state index contributed by atoms with van der Waals surface area (Å²) in [5, 5.41) is 9.26. The number of hydrogen-bond donors (Lipinski definition) is 3. The Morgan fingerprint density at radius 3 is 2.37 bits per heavy atom. The number of amides is 2. The monoisotopic (exact) mass is 414 g/mol. The number of carbonyl (C=O) groups is 3. The first-order valence-electron chi connectivity index (χ1n) is 7.99. The van der Waals surface area contributed by atoms with Crippen LogP contribution in [0.4, 0.5) is 0 Å². The molecular weight excluding hydrogens is 396 g/mol. The molecule has 27 heavy (non-hydrogen) atoms. The molecule has 0 saturated carbocycles. The van der Waals surface area contributed by atoms with Crippen molar-refractivity contribution < 1.29 is 32.5 Å². The Hall–Kier alpha value is -2.11. The van der Waals surface area contributed by atoms with Gasteiger partial charge in [0.25, 0.3) is 10.1 Å². The molecule has 0 unspecified atom stereocenters. The molecule has 3 N–H and O–H groups in total. The van der Waals surface area contributed by atoms with Crippen molar-refractivity contribution >= 4 is 39.7 Å². The molecule has 2 saturated heterocycles. The lowest BCUT2D eigenvalue weighted by molar-refractivity contribution is -0.161. The minimum Gasteiger partial charge on any atom is -0.480 e. The number of nitrogens with one attached hydrogen (secondary N) is 1. The highest BCUT2D eigenvalue weighted by Gasteiger charge is 2.64. The summed E-state index contributed by atoms with van der Waals surface area (Å²) in [5.41, 5.74) is 0.0592. The summed E-state index contributed by atoms with van der Waals surface area (Å²) in [7, 11) is -4.77. The van der Waals surface area contributed by atoms with E-state index in [1.807, 2.05) is 0 Å². The maximum Gasteiger partial charge on any atom is 0.327 e. The lowest BCUT2D eigenvalue weighted by atomic mass is 9.96. The third-order valence-corrected chi connectivity index (χ3v) is 7.26. The fourth-order valence-corrected chi connectivity index (χ4v) is 5.93. The first-order chi connectivity index (χ1) is 12.4. The van der Waals surface area contributed by atoms with Gasteiger partial charge in [-0.25, -0.2) is 4.79 Å². The Morgan fingerprint density at radius 1 is 1.26 bits per heavy atom. The van der Waals surface area contributed by atoms with E-state index in [2.05, 4.69) is 5.32 Å². The molecule has 0 spiro atoms. The summed E-state index contributed by atoms with van der Waals surface area (Å²) < 4.78 is 32.2. The Balaban J connectivity index is 1.83. The minimum absolute atomic E-state index is 0.0592. The van der Waals surface area contributed by atoms with E-state index in [-0.39, 0.29) is 5.56 Å². The Labute approximate surface area is 159 Å². The first-order valence-corrected chi connectivity index (χ1v) is 10.4. The lowest BCUT2D eigenvalue weighted by Gasteiger charge is -2.43. The van der Waals surface area contributed by atoms with Crippen LogP contribution in [0.5, 0.6) is 0 Å². The van der Waals surface area contributed by atoms with Gasteiger partial charge in [0.1, 0.15) is 17.5 Å². The molecule has 2 heterocycles. The zero-order valence-corrected chi connectivity index (χ0v) is 16.0. The van der Waals surface area contributed by atoms with Gasteiger partial charge in [0.2, 0.25) is 11.8 Å². The van der Waals surface area contributed by atoms with Gasteiger partial charge in [-0.3, -0.25) is 14.1 Å². The van der Waals surface area contributed by atoms with E-state index >= 15 is 0 Å². The number of carboxylic acid groups (broad SMARTS) is 1. The first kappa shape index (κ1) is 19.6. The maximum atomic E-state index is 12.6. The Morgan fingerprint density at radius 2 is 1.85 bits per heavy atom. The van der Waals surface area contributed by atoms with Crippen LogP contribution in [-0.2, 0) is 24.5 Å². The standard InChI is InChI=1S/C16H18N2O7S2/c1-16(2)11(15(21)22)18-13(20)9(14(18)26-16)17-12(19)10(27(23,24)25)8-6-4-3-5-7-8/h3-7,9-11,14H,1-2H3,(H,17,19)(H,21,22)(H,23,24,25)/t9-,10-,11-,14+/m1/s1. The average molecular weight is 414 g/mol. The number of hydrogen-bond acceptors (Lipinski definition) is 6. The zero-order chi connectivity index (χ0) is 20.1. The van der Waals surface area contributed by atoms with Gasteiger partial charge in [-0.15, -0.1) is 11.8 Å². The molecule has 2 fully saturated rings. The molecule has 9 nitrogen and oxygen atoms in total. The summed E-state index contributed by atoms with van der Waals surface area (Å²) >= 11 is 1.22. The summed E-state index contributed by atoms with van der Waals surface area (Å²) in [6, 6.07) is 5.31. The number of benzene rings is 1. The van der Waals surface area contributed by atoms with Crippen molar-refractivity contribution in [2.24, 2.45) is 0 Å². The van der Waals surface area contributed by atoms with Gasteiger partial charge in [-0.2, -0.15) is 8.42 Å². The van der Waals surface area contributed by atoms with Gasteiger partial charge < -0.3 is 15.3 Å². The number of carbonyl (C=O) groups excluding carboxylic acids is 2. The van der Waals surface area contributed by atoms with Crippen LogP contribution in [0.1, 0.15) is 24.7 Å². The van der Waals surface area contributed by atoms with Gasteiger partial charge in [-0.05, 0) is 19.4 Å². The van der Waals surface area contributed by atoms with E-state index in [9.17, 15) is 32.5 Å². The molecular formula is C16H18N2O7S2. The molecule has 0 radical (unpaired) electrons. The number of carboxylic acids is 1. The number of β-lactam (4-membered cyclic amide) rings is 1. The molecule has 0 aromatic heterocycles. The zero-order valence-electron chi connectivity index (χ0n) is 14.4. The van der Waals surface area contributed by atoms with Crippen LogP contribution in [0, 0.1) is 0 Å². The molecule has 2 aliphatic heterocycles. The number of fused-ring (bicyclic) bond motifs is 1. The van der Waals surface area contributed by atoms with Gasteiger partial charge in [-0.1, -0.05) is 30.3 Å². The molecule has 2 aliphatic rings.